The fourth-order valence-electron chi connectivity index (χ4n) is 1.93. The first-order valence-corrected chi connectivity index (χ1v) is 5.20. The summed E-state index contributed by atoms with van der Waals surface area (Å²) in [7, 11) is 0. The predicted octanol–water partition coefficient (Wildman–Crippen LogP) is 3.46. The van der Waals surface area contributed by atoms with Crippen molar-refractivity contribution >= 4 is 0 Å². The lowest BCUT2D eigenvalue weighted by molar-refractivity contribution is 0.0428. The van der Waals surface area contributed by atoms with E-state index in [0.29, 0.717) is 6.10 Å². The Kier molecular flexibility index (Phi) is 2.82. The van der Waals surface area contributed by atoms with Crippen molar-refractivity contribution in [3.8, 4) is 0 Å². The highest BCUT2D eigenvalue weighted by atomic mass is 19.1. The fraction of sp³-hybridized carbons (Fsp3) is 0.500. The van der Waals surface area contributed by atoms with Crippen molar-refractivity contribution in [1.82, 2.24) is 0 Å². The summed E-state index contributed by atoms with van der Waals surface area (Å²) in [6.07, 6.45) is 3.83. The van der Waals surface area contributed by atoms with E-state index in [0.717, 1.165) is 24.8 Å². The van der Waals surface area contributed by atoms with Gasteiger partial charge < -0.3 is 4.74 Å². The van der Waals surface area contributed by atoms with Crippen LogP contribution in [0, 0.1) is 5.82 Å². The molecule has 1 unspecified atom stereocenters. The minimum absolute atomic E-state index is 0.181. The summed E-state index contributed by atoms with van der Waals surface area (Å²) in [6.45, 7) is 2.14. The predicted molar refractivity (Wildman–Crippen MR) is 53.5 cm³/mol. The van der Waals surface area contributed by atoms with Crippen molar-refractivity contribution in [1.29, 1.82) is 0 Å². The van der Waals surface area contributed by atoms with Crippen LogP contribution in [0.15, 0.2) is 24.3 Å². The molecule has 0 radical (unpaired) electrons. The van der Waals surface area contributed by atoms with Crippen LogP contribution < -0.4 is 0 Å². The monoisotopic (exact) mass is 194 g/mol. The Balaban J connectivity index is 2.06. The van der Waals surface area contributed by atoms with Gasteiger partial charge in [0.2, 0.25) is 0 Å². The molecule has 0 aromatic heterocycles. The molecule has 0 N–H and O–H groups in total. The van der Waals surface area contributed by atoms with Crippen LogP contribution in [0.3, 0.4) is 0 Å². The van der Waals surface area contributed by atoms with E-state index in [-0.39, 0.29) is 11.9 Å². The zero-order valence-electron chi connectivity index (χ0n) is 8.37. The SMILES string of the molecule is CCC1CC[C@@H](c2ccc(F)cc2)O1. The Morgan fingerprint density at radius 2 is 2.00 bits per heavy atom. The van der Waals surface area contributed by atoms with Crippen LogP contribution >= 0.6 is 0 Å². The maximum Gasteiger partial charge on any atom is 0.123 e. The van der Waals surface area contributed by atoms with Gasteiger partial charge in [-0.3, -0.25) is 0 Å². The number of benzene rings is 1. The Bertz CT molecular complexity index is 294. The lowest BCUT2D eigenvalue weighted by Gasteiger charge is -2.12. The van der Waals surface area contributed by atoms with E-state index < -0.39 is 0 Å². The van der Waals surface area contributed by atoms with Crippen LogP contribution in [-0.4, -0.2) is 6.10 Å². The van der Waals surface area contributed by atoms with Gasteiger partial charge in [-0.2, -0.15) is 0 Å². The number of ether oxygens (including phenoxy) is 1. The van der Waals surface area contributed by atoms with Crippen molar-refractivity contribution in [3.63, 3.8) is 0 Å². The van der Waals surface area contributed by atoms with Crippen molar-refractivity contribution in [2.75, 3.05) is 0 Å². The third-order valence-electron chi connectivity index (χ3n) is 2.80. The van der Waals surface area contributed by atoms with Gasteiger partial charge >= 0.3 is 0 Å². The lowest BCUT2D eigenvalue weighted by atomic mass is 10.1. The molecule has 1 fully saturated rings. The molecule has 2 rings (SSSR count). The molecule has 1 heterocycles. The second-order valence-electron chi connectivity index (χ2n) is 3.78. The highest BCUT2D eigenvalue weighted by Gasteiger charge is 2.24. The first-order valence-electron chi connectivity index (χ1n) is 5.20. The molecular formula is C12H15FO. The van der Waals surface area contributed by atoms with Crippen LogP contribution in [0.2, 0.25) is 0 Å². The zero-order chi connectivity index (χ0) is 9.97. The Morgan fingerprint density at radius 3 is 2.57 bits per heavy atom. The summed E-state index contributed by atoms with van der Waals surface area (Å²) in [6, 6.07) is 6.63. The van der Waals surface area contributed by atoms with Crippen LogP contribution in [0.4, 0.5) is 4.39 Å². The molecule has 0 aliphatic carbocycles. The van der Waals surface area contributed by atoms with Gasteiger partial charge in [0, 0.05) is 0 Å². The summed E-state index contributed by atoms with van der Waals surface area (Å²) in [5.41, 5.74) is 1.10. The zero-order valence-corrected chi connectivity index (χ0v) is 8.37. The van der Waals surface area contributed by atoms with Crippen molar-refractivity contribution in [3.05, 3.63) is 35.6 Å². The van der Waals surface area contributed by atoms with Gasteiger partial charge in [0.05, 0.1) is 12.2 Å². The number of rotatable bonds is 2. The van der Waals surface area contributed by atoms with Gasteiger partial charge in [-0.05, 0) is 37.0 Å². The average molecular weight is 194 g/mol. The molecule has 0 bridgehead atoms. The number of hydrogen-bond donors (Lipinski definition) is 0. The van der Waals surface area contributed by atoms with E-state index in [1.165, 1.54) is 12.1 Å². The first kappa shape index (κ1) is 9.66. The molecule has 2 heteroatoms. The van der Waals surface area contributed by atoms with Crippen LogP contribution in [0.25, 0.3) is 0 Å². The molecule has 2 atom stereocenters. The molecule has 14 heavy (non-hydrogen) atoms. The molecule has 0 spiro atoms. The van der Waals surface area contributed by atoms with Crippen LogP contribution in [0.5, 0.6) is 0 Å². The van der Waals surface area contributed by atoms with Gasteiger partial charge in [-0.15, -0.1) is 0 Å². The second-order valence-corrected chi connectivity index (χ2v) is 3.78. The summed E-state index contributed by atoms with van der Waals surface area (Å²) in [4.78, 5) is 0. The van der Waals surface area contributed by atoms with Gasteiger partial charge in [0.15, 0.2) is 0 Å². The van der Waals surface area contributed by atoms with E-state index in [2.05, 4.69) is 6.92 Å². The largest absolute Gasteiger partial charge is 0.370 e. The van der Waals surface area contributed by atoms with E-state index in [1.54, 1.807) is 0 Å². The van der Waals surface area contributed by atoms with Gasteiger partial charge in [-0.1, -0.05) is 19.1 Å². The molecule has 1 aromatic carbocycles. The molecule has 0 amide bonds. The third-order valence-corrected chi connectivity index (χ3v) is 2.80. The van der Waals surface area contributed by atoms with E-state index in [4.69, 9.17) is 4.74 Å². The molecule has 76 valence electrons. The second kappa shape index (κ2) is 4.09. The average Bonchev–Trinajstić information content (AvgIpc) is 2.67. The van der Waals surface area contributed by atoms with Crippen molar-refractivity contribution in [2.24, 2.45) is 0 Å². The quantitative estimate of drug-likeness (QED) is 0.700. The molecule has 1 nitrogen and oxygen atoms in total. The van der Waals surface area contributed by atoms with E-state index >= 15 is 0 Å². The Labute approximate surface area is 83.9 Å². The lowest BCUT2D eigenvalue weighted by Crippen LogP contribution is -2.04. The van der Waals surface area contributed by atoms with Crippen LogP contribution in [0.1, 0.15) is 37.9 Å². The fourth-order valence-corrected chi connectivity index (χ4v) is 1.93. The summed E-state index contributed by atoms with van der Waals surface area (Å²) in [5.74, 6) is -0.182. The maximum atomic E-state index is 12.7. The molecule has 0 saturated carbocycles. The minimum Gasteiger partial charge on any atom is -0.370 e. The molecule has 1 saturated heterocycles. The molecule has 1 aliphatic rings. The van der Waals surface area contributed by atoms with Crippen molar-refractivity contribution in [2.45, 2.75) is 38.4 Å². The van der Waals surface area contributed by atoms with E-state index in [1.807, 2.05) is 12.1 Å². The summed E-state index contributed by atoms with van der Waals surface area (Å²) >= 11 is 0. The molecule has 1 aromatic rings. The van der Waals surface area contributed by atoms with Gasteiger partial charge in [0.1, 0.15) is 5.82 Å². The number of hydrogen-bond acceptors (Lipinski definition) is 1. The highest BCUT2D eigenvalue weighted by molar-refractivity contribution is 5.19. The molecule has 1 aliphatic heterocycles. The summed E-state index contributed by atoms with van der Waals surface area (Å²) in [5, 5.41) is 0. The van der Waals surface area contributed by atoms with Crippen molar-refractivity contribution < 1.29 is 9.13 Å². The summed E-state index contributed by atoms with van der Waals surface area (Å²) < 4.78 is 18.5. The van der Waals surface area contributed by atoms with Crippen LogP contribution in [-0.2, 0) is 4.74 Å². The number of halogens is 1. The molecular weight excluding hydrogens is 179 g/mol. The highest BCUT2D eigenvalue weighted by Crippen LogP contribution is 2.33. The Morgan fingerprint density at radius 1 is 1.29 bits per heavy atom. The smallest absolute Gasteiger partial charge is 0.123 e. The normalized spacial score (nSPS) is 26.7. The third kappa shape index (κ3) is 1.95. The van der Waals surface area contributed by atoms with Gasteiger partial charge in [-0.25, -0.2) is 4.39 Å². The first-order chi connectivity index (χ1) is 6.79. The van der Waals surface area contributed by atoms with Gasteiger partial charge in [0.25, 0.3) is 0 Å². The Hall–Kier alpha value is -0.890. The maximum absolute atomic E-state index is 12.7. The minimum atomic E-state index is -0.182. The van der Waals surface area contributed by atoms with E-state index in [9.17, 15) is 4.39 Å². The standard InChI is InChI=1S/C12H15FO/c1-2-11-7-8-12(14-11)9-3-5-10(13)6-4-9/h3-6,11-12H,2,7-8H2,1H3/t11?,12-/m0/s1. The topological polar surface area (TPSA) is 9.23 Å².